The van der Waals surface area contributed by atoms with Crippen LogP contribution in [0.15, 0.2) is 4.90 Å². The predicted molar refractivity (Wildman–Crippen MR) is 80.8 cm³/mol. The van der Waals surface area contributed by atoms with E-state index >= 15 is 0 Å². The van der Waals surface area contributed by atoms with E-state index in [1.165, 1.54) is 4.31 Å². The lowest BCUT2D eigenvalue weighted by atomic mass is 9.98. The van der Waals surface area contributed by atoms with Crippen molar-refractivity contribution >= 4 is 16.0 Å². The van der Waals surface area contributed by atoms with E-state index in [9.17, 15) is 13.2 Å². The SMILES string of the molecule is CCOC(=O)C1CCN(S(=O)(=O)c2c(C)nn(C)c2C)CC1. The first kappa shape index (κ1) is 17.0. The van der Waals surface area contributed by atoms with Crippen LogP contribution >= 0.6 is 0 Å². The molecule has 0 radical (unpaired) electrons. The second kappa shape index (κ2) is 6.37. The van der Waals surface area contributed by atoms with Gasteiger partial charge in [-0.05, 0) is 33.6 Å². The molecular weight excluding hydrogens is 306 g/mol. The predicted octanol–water partition coefficient (Wildman–Crippen LogP) is 1.00. The third-order valence-electron chi connectivity index (χ3n) is 4.11. The Morgan fingerprint density at radius 2 is 1.91 bits per heavy atom. The van der Waals surface area contributed by atoms with Crippen molar-refractivity contribution in [3.8, 4) is 0 Å². The molecule has 1 aromatic rings. The Morgan fingerprint density at radius 1 is 1.32 bits per heavy atom. The Hall–Kier alpha value is -1.41. The number of hydrogen-bond donors (Lipinski definition) is 0. The number of hydrogen-bond acceptors (Lipinski definition) is 5. The van der Waals surface area contributed by atoms with E-state index in [1.54, 1.807) is 32.5 Å². The lowest BCUT2D eigenvalue weighted by Gasteiger charge is -2.30. The second-order valence-corrected chi connectivity index (χ2v) is 7.43. The normalized spacial score (nSPS) is 17.6. The Balaban J connectivity index is 2.15. The molecule has 1 fully saturated rings. The first-order chi connectivity index (χ1) is 10.3. The highest BCUT2D eigenvalue weighted by molar-refractivity contribution is 7.89. The summed E-state index contributed by atoms with van der Waals surface area (Å²) in [5.74, 6) is -0.434. The van der Waals surface area contributed by atoms with Gasteiger partial charge >= 0.3 is 5.97 Å². The first-order valence-electron chi connectivity index (χ1n) is 7.46. The first-order valence-corrected chi connectivity index (χ1v) is 8.90. The zero-order valence-corrected chi connectivity index (χ0v) is 14.3. The minimum absolute atomic E-state index is 0.206. The Labute approximate surface area is 131 Å². The Kier molecular flexibility index (Phi) is 4.91. The van der Waals surface area contributed by atoms with Gasteiger partial charge in [0.05, 0.1) is 23.9 Å². The van der Waals surface area contributed by atoms with Gasteiger partial charge in [0.25, 0.3) is 0 Å². The molecule has 0 bridgehead atoms. The molecule has 0 saturated carbocycles. The van der Waals surface area contributed by atoms with Crippen LogP contribution in [0.4, 0.5) is 0 Å². The van der Waals surface area contributed by atoms with E-state index in [0.29, 0.717) is 43.9 Å². The molecule has 1 saturated heterocycles. The molecule has 0 aromatic carbocycles. The van der Waals surface area contributed by atoms with E-state index in [2.05, 4.69) is 5.10 Å². The van der Waals surface area contributed by atoms with Crippen molar-refractivity contribution in [2.45, 2.75) is 38.5 Å². The number of esters is 1. The maximum absolute atomic E-state index is 12.8. The molecule has 2 heterocycles. The molecule has 0 atom stereocenters. The summed E-state index contributed by atoms with van der Waals surface area (Å²) in [6.45, 7) is 6.24. The molecule has 22 heavy (non-hydrogen) atoms. The van der Waals surface area contributed by atoms with E-state index < -0.39 is 10.0 Å². The van der Waals surface area contributed by atoms with E-state index in [4.69, 9.17) is 4.74 Å². The lowest BCUT2D eigenvalue weighted by Crippen LogP contribution is -2.40. The summed E-state index contributed by atoms with van der Waals surface area (Å²) in [7, 11) is -1.84. The van der Waals surface area contributed by atoms with Gasteiger partial charge in [-0.15, -0.1) is 0 Å². The minimum atomic E-state index is -3.57. The number of rotatable bonds is 4. The summed E-state index contributed by atoms with van der Waals surface area (Å²) in [6.07, 6.45) is 0.993. The van der Waals surface area contributed by atoms with Crippen molar-refractivity contribution in [2.24, 2.45) is 13.0 Å². The van der Waals surface area contributed by atoms with Gasteiger partial charge in [-0.25, -0.2) is 8.42 Å². The Bertz CT molecular complexity index is 658. The van der Waals surface area contributed by atoms with Gasteiger partial charge in [-0.2, -0.15) is 9.40 Å². The van der Waals surface area contributed by atoms with Crippen molar-refractivity contribution < 1.29 is 17.9 Å². The van der Waals surface area contributed by atoms with Crippen molar-refractivity contribution in [1.29, 1.82) is 0 Å². The lowest BCUT2D eigenvalue weighted by molar-refractivity contribution is -0.149. The van der Waals surface area contributed by atoms with Gasteiger partial charge in [-0.1, -0.05) is 0 Å². The summed E-state index contributed by atoms with van der Waals surface area (Å²) < 4.78 is 33.6. The maximum atomic E-state index is 12.8. The number of ether oxygens (including phenoxy) is 1. The molecule has 7 nitrogen and oxygen atoms in total. The number of piperidine rings is 1. The highest BCUT2D eigenvalue weighted by Gasteiger charge is 2.35. The zero-order chi connectivity index (χ0) is 16.5. The van der Waals surface area contributed by atoms with Crippen LogP contribution in [0.5, 0.6) is 0 Å². The average molecular weight is 329 g/mol. The zero-order valence-electron chi connectivity index (χ0n) is 13.5. The maximum Gasteiger partial charge on any atom is 0.309 e. The summed E-state index contributed by atoms with van der Waals surface area (Å²) in [5.41, 5.74) is 1.14. The van der Waals surface area contributed by atoms with Crippen molar-refractivity contribution in [2.75, 3.05) is 19.7 Å². The molecule has 1 aliphatic rings. The molecule has 0 aliphatic carbocycles. The fraction of sp³-hybridized carbons (Fsp3) is 0.714. The van der Waals surface area contributed by atoms with Crippen LogP contribution in [0.1, 0.15) is 31.2 Å². The fourth-order valence-corrected chi connectivity index (χ4v) is 4.72. The van der Waals surface area contributed by atoms with Crippen LogP contribution in [0.25, 0.3) is 0 Å². The van der Waals surface area contributed by atoms with Gasteiger partial charge in [-0.3, -0.25) is 9.48 Å². The third-order valence-corrected chi connectivity index (χ3v) is 6.27. The van der Waals surface area contributed by atoms with Gasteiger partial charge in [0, 0.05) is 20.1 Å². The highest BCUT2D eigenvalue weighted by Crippen LogP contribution is 2.27. The summed E-state index contributed by atoms with van der Waals surface area (Å²) in [4.78, 5) is 12.0. The number of carbonyl (C=O) groups excluding carboxylic acids is 1. The van der Waals surface area contributed by atoms with Crippen LogP contribution in [-0.2, 0) is 26.6 Å². The molecular formula is C14H23N3O4S. The van der Waals surface area contributed by atoms with Crippen LogP contribution < -0.4 is 0 Å². The van der Waals surface area contributed by atoms with Gasteiger partial charge in [0.15, 0.2) is 0 Å². The quantitative estimate of drug-likeness (QED) is 0.770. The number of aromatic nitrogens is 2. The van der Waals surface area contributed by atoms with Gasteiger partial charge < -0.3 is 4.74 Å². The molecule has 0 N–H and O–H groups in total. The monoisotopic (exact) mass is 329 g/mol. The van der Waals surface area contributed by atoms with E-state index in [-0.39, 0.29) is 16.8 Å². The minimum Gasteiger partial charge on any atom is -0.466 e. The molecule has 0 amide bonds. The van der Waals surface area contributed by atoms with Gasteiger partial charge in [0.2, 0.25) is 10.0 Å². The van der Waals surface area contributed by atoms with Gasteiger partial charge in [0.1, 0.15) is 4.90 Å². The summed E-state index contributed by atoms with van der Waals surface area (Å²) in [6, 6.07) is 0. The molecule has 0 unspecified atom stereocenters. The third kappa shape index (κ3) is 3.03. The second-order valence-electron chi connectivity index (χ2n) is 5.55. The topological polar surface area (TPSA) is 81.5 Å². The van der Waals surface area contributed by atoms with Crippen LogP contribution in [0, 0.1) is 19.8 Å². The van der Waals surface area contributed by atoms with Crippen LogP contribution in [0.2, 0.25) is 0 Å². The fourth-order valence-electron chi connectivity index (χ4n) is 2.85. The molecule has 2 rings (SSSR count). The Morgan fingerprint density at radius 3 is 2.36 bits per heavy atom. The summed E-state index contributed by atoms with van der Waals surface area (Å²) >= 11 is 0. The average Bonchev–Trinajstić information content (AvgIpc) is 2.73. The standard InChI is InChI=1S/C14H23N3O4S/c1-5-21-14(18)12-6-8-17(9-7-12)22(19,20)13-10(2)15-16(4)11(13)3/h12H,5-9H2,1-4H3. The van der Waals surface area contributed by atoms with Crippen LogP contribution in [0.3, 0.4) is 0 Å². The van der Waals surface area contributed by atoms with Crippen molar-refractivity contribution in [3.63, 3.8) is 0 Å². The number of sulfonamides is 1. The molecule has 1 aromatic heterocycles. The van der Waals surface area contributed by atoms with E-state index in [0.717, 1.165) is 0 Å². The van der Waals surface area contributed by atoms with Crippen molar-refractivity contribution in [1.82, 2.24) is 14.1 Å². The molecule has 8 heteroatoms. The number of nitrogens with zero attached hydrogens (tertiary/aromatic N) is 3. The largest absolute Gasteiger partial charge is 0.466 e. The molecule has 1 aliphatic heterocycles. The highest BCUT2D eigenvalue weighted by atomic mass is 32.2. The van der Waals surface area contributed by atoms with Crippen molar-refractivity contribution in [3.05, 3.63) is 11.4 Å². The van der Waals surface area contributed by atoms with Crippen LogP contribution in [-0.4, -0.2) is 48.2 Å². The smallest absolute Gasteiger partial charge is 0.309 e. The molecule has 0 spiro atoms. The summed E-state index contributed by atoms with van der Waals surface area (Å²) in [5, 5.41) is 4.18. The van der Waals surface area contributed by atoms with E-state index in [1.807, 2.05) is 0 Å². The number of aryl methyl sites for hydroxylation is 2. The number of carbonyl (C=O) groups is 1. The molecule has 124 valence electrons.